The van der Waals surface area contributed by atoms with E-state index in [1.807, 2.05) is 0 Å². The zero-order chi connectivity index (χ0) is 85.8. The first kappa shape index (κ1) is 75.4. The third-order valence-corrected chi connectivity index (χ3v) is 30.1. The van der Waals surface area contributed by atoms with Gasteiger partial charge in [-0.2, -0.15) is 0 Å². The van der Waals surface area contributed by atoms with E-state index < -0.39 is 0 Å². The minimum atomic E-state index is -0.0875. The maximum atomic E-state index is 2.51. The van der Waals surface area contributed by atoms with E-state index >= 15 is 0 Å². The maximum absolute atomic E-state index is 2.51. The Morgan fingerprint density at radius 3 is 0.836 bits per heavy atom. The lowest BCUT2D eigenvalue weighted by molar-refractivity contribution is 0.660. The lowest BCUT2D eigenvalue weighted by Gasteiger charge is -2.24. The van der Waals surface area contributed by atoms with Crippen LogP contribution in [0.4, 0.5) is 0 Å². The van der Waals surface area contributed by atoms with Crippen LogP contribution in [0.2, 0.25) is 0 Å². The molecule has 0 unspecified atom stereocenters. The third-order valence-electron chi connectivity index (χ3n) is 30.1. The van der Waals surface area contributed by atoms with Crippen LogP contribution in [0.15, 0.2) is 413 Å². The van der Waals surface area contributed by atoms with Gasteiger partial charge in [-0.05, 0) is 313 Å². The Kier molecular flexibility index (Phi) is 16.6. The van der Waals surface area contributed by atoms with Crippen molar-refractivity contribution in [1.82, 2.24) is 0 Å². The topological polar surface area (TPSA) is 0 Å². The van der Waals surface area contributed by atoms with E-state index in [1.165, 1.54) is 264 Å². The van der Waals surface area contributed by atoms with Crippen molar-refractivity contribution in [2.24, 2.45) is 0 Å². The Morgan fingerprint density at radius 1 is 0.117 bits per heavy atom. The van der Waals surface area contributed by atoms with Crippen molar-refractivity contribution in [3.63, 3.8) is 0 Å². The molecule has 22 aromatic rings. The zero-order valence-electron chi connectivity index (χ0n) is 73.3. The van der Waals surface area contributed by atoms with Gasteiger partial charge in [-0.15, -0.1) is 0 Å². The van der Waals surface area contributed by atoms with Crippen molar-refractivity contribution in [2.75, 3.05) is 0 Å². The zero-order valence-corrected chi connectivity index (χ0v) is 73.3. The number of hydrogen-bond donors (Lipinski definition) is 0. The lowest BCUT2D eigenvalue weighted by atomic mass is 9.79. The highest BCUT2D eigenvalue weighted by molar-refractivity contribution is 6.31. The molecule has 604 valence electrons. The van der Waals surface area contributed by atoms with Crippen molar-refractivity contribution < 1.29 is 0 Å². The third kappa shape index (κ3) is 11.1. The molecule has 0 heteroatoms. The molecule has 0 nitrogen and oxygen atoms in total. The van der Waals surface area contributed by atoms with Crippen LogP contribution < -0.4 is 0 Å². The summed E-state index contributed by atoms with van der Waals surface area (Å²) in [6, 6.07) is 156. The molecule has 4 aliphatic carbocycles. The Hall–Kier alpha value is -15.1. The smallest absolute Gasteiger partial charge is 0.0159 e. The predicted molar refractivity (Wildman–Crippen MR) is 547 cm³/mol. The molecule has 0 radical (unpaired) electrons. The highest BCUT2D eigenvalue weighted by Crippen LogP contribution is 2.59. The van der Waals surface area contributed by atoms with Crippen molar-refractivity contribution in [3.8, 4) is 134 Å². The fraction of sp³-hybridized carbons (Fsp3) is 0.0938. The van der Waals surface area contributed by atoms with Crippen molar-refractivity contribution >= 4 is 86.2 Å². The Bertz CT molecular complexity index is 8490. The van der Waals surface area contributed by atoms with Gasteiger partial charge in [-0.1, -0.05) is 419 Å². The molecule has 0 saturated heterocycles. The summed E-state index contributed by atoms with van der Waals surface area (Å²) in [6.07, 6.45) is 0. The first-order valence-electron chi connectivity index (χ1n) is 45.5. The second-order valence-electron chi connectivity index (χ2n) is 38.3. The highest BCUT2D eigenvalue weighted by Gasteiger charge is 2.40. The second kappa shape index (κ2) is 28.2. The van der Waals surface area contributed by atoms with Gasteiger partial charge in [0.1, 0.15) is 0 Å². The molecule has 22 aromatic carbocycles. The lowest BCUT2D eigenvalue weighted by Crippen LogP contribution is -2.14. The molecule has 128 heavy (non-hydrogen) atoms. The molecule has 0 heterocycles. The molecule has 0 saturated carbocycles. The fourth-order valence-corrected chi connectivity index (χ4v) is 23.9. The van der Waals surface area contributed by atoms with Crippen LogP contribution in [-0.2, 0) is 21.7 Å². The van der Waals surface area contributed by atoms with Gasteiger partial charge in [0, 0.05) is 21.7 Å². The van der Waals surface area contributed by atoms with Crippen LogP contribution in [0.25, 0.3) is 220 Å². The Morgan fingerprint density at radius 2 is 0.391 bits per heavy atom. The monoisotopic (exact) mass is 1630 g/mol. The van der Waals surface area contributed by atoms with Crippen LogP contribution in [0.1, 0.15) is 99.9 Å². The molecule has 0 spiro atoms. The molecular formula is C128H92. The summed E-state index contributed by atoms with van der Waals surface area (Å²) in [5, 5.41) is 20.3. The van der Waals surface area contributed by atoms with Crippen molar-refractivity contribution in [2.45, 2.75) is 77.0 Å². The molecule has 0 aliphatic heterocycles. The van der Waals surface area contributed by atoms with Gasteiger partial charge < -0.3 is 0 Å². The van der Waals surface area contributed by atoms with E-state index in [4.69, 9.17) is 0 Å². The average Bonchev–Trinajstić information content (AvgIpc) is 0.946. The average molecular weight is 1630 g/mol. The standard InChI is InChI=1S/2C64H46/c1-63(2)58-27-14-12-23-49(58)55-37-44(30-33-59(55)63)62-52-25-10-9-24-51(52)61(43-18-15-17-41(34-43)54-36-42-16-5-6-19-45(42)46-20-7-8-21-47(46)54)53-32-29-39(35-56(53)62)40-28-31-50-48-22-11-13-26-57(48)64(3,4)60(50)38-40;1-63(2)56-29-17-15-21-44(56)53-37-42(32-35-57(53)63)60-48-24-10-13-27-51(48)62(61-49-25-11-8-22-46(49)59(39-18-6-5-7-19-39)47-23-9-12-26-50(47)61)52-34-31-40(36-54(52)60)41-30-33-45-43-20-14-16-28-55(43)64(3,4)58(45)38-41/h2*5-38H,1-4H3. The maximum Gasteiger partial charge on any atom is 0.0159 e. The number of benzene rings is 22. The summed E-state index contributed by atoms with van der Waals surface area (Å²) in [6.45, 7) is 19.0. The van der Waals surface area contributed by atoms with Crippen LogP contribution in [0.3, 0.4) is 0 Å². The summed E-state index contributed by atoms with van der Waals surface area (Å²) < 4.78 is 0. The Labute approximate surface area is 748 Å². The molecule has 0 fully saturated rings. The predicted octanol–water partition coefficient (Wildman–Crippen LogP) is 35.2. The largest absolute Gasteiger partial charge is 0.0622 e. The van der Waals surface area contributed by atoms with Gasteiger partial charge in [0.2, 0.25) is 0 Å². The second-order valence-corrected chi connectivity index (χ2v) is 38.3. The van der Waals surface area contributed by atoms with E-state index in [1.54, 1.807) is 0 Å². The van der Waals surface area contributed by atoms with E-state index in [-0.39, 0.29) is 21.7 Å². The van der Waals surface area contributed by atoms with Gasteiger partial charge in [-0.25, -0.2) is 0 Å². The molecule has 0 amide bonds. The first-order valence-corrected chi connectivity index (χ1v) is 45.5. The first-order chi connectivity index (χ1) is 62.5. The minimum absolute atomic E-state index is 0.0615. The van der Waals surface area contributed by atoms with E-state index in [9.17, 15) is 0 Å². The Balaban J connectivity index is 0.000000139. The molecule has 0 aromatic heterocycles. The minimum Gasteiger partial charge on any atom is -0.0622 e. The molecular weight excluding hydrogens is 1540 g/mol. The molecule has 0 atom stereocenters. The fourth-order valence-electron chi connectivity index (χ4n) is 23.9. The molecule has 0 N–H and O–H groups in total. The normalized spacial score (nSPS) is 14.2. The summed E-state index contributed by atoms with van der Waals surface area (Å²) in [5.41, 5.74) is 41.7. The summed E-state index contributed by atoms with van der Waals surface area (Å²) in [7, 11) is 0. The van der Waals surface area contributed by atoms with Gasteiger partial charge in [-0.3, -0.25) is 0 Å². The van der Waals surface area contributed by atoms with Gasteiger partial charge in [0.15, 0.2) is 0 Å². The summed E-state index contributed by atoms with van der Waals surface area (Å²) in [5.74, 6) is 0. The van der Waals surface area contributed by atoms with Crippen molar-refractivity contribution in [1.29, 1.82) is 0 Å². The quantitative estimate of drug-likeness (QED) is 0.105. The van der Waals surface area contributed by atoms with Crippen molar-refractivity contribution in [3.05, 3.63) is 457 Å². The van der Waals surface area contributed by atoms with Crippen LogP contribution >= 0.6 is 0 Å². The van der Waals surface area contributed by atoms with Gasteiger partial charge in [0.25, 0.3) is 0 Å². The summed E-state index contributed by atoms with van der Waals surface area (Å²) >= 11 is 0. The van der Waals surface area contributed by atoms with Crippen LogP contribution in [0.5, 0.6) is 0 Å². The number of rotatable bonds is 8. The van der Waals surface area contributed by atoms with E-state index in [0.29, 0.717) is 0 Å². The highest BCUT2D eigenvalue weighted by atomic mass is 14.4. The van der Waals surface area contributed by atoms with Gasteiger partial charge in [0.05, 0.1) is 0 Å². The summed E-state index contributed by atoms with van der Waals surface area (Å²) in [4.78, 5) is 0. The number of hydrogen-bond acceptors (Lipinski definition) is 0. The molecule has 26 rings (SSSR count). The molecule has 4 aliphatic rings. The van der Waals surface area contributed by atoms with E-state index in [0.717, 1.165) is 0 Å². The van der Waals surface area contributed by atoms with E-state index in [2.05, 4.69) is 468 Å². The van der Waals surface area contributed by atoms with Crippen LogP contribution in [-0.4, -0.2) is 0 Å². The number of fused-ring (bicyclic) bond motifs is 21. The van der Waals surface area contributed by atoms with Gasteiger partial charge >= 0.3 is 0 Å². The SMILES string of the molecule is CC1(C)c2ccccc2-c2cc(-c3c4ccccc4c(-c4c5ccccc5c(-c5ccccc5)c5ccccc45)c4ccc(-c5ccc6c(c5)C(C)(C)c5ccccc5-6)cc34)ccc21.CC1(C)c2ccccc2-c2cc(-c3c4ccccc4c(-c4cccc(-c5cc6ccccc6c6ccccc56)c4)c4ccc(-c5ccc6c(c5)C(C)(C)c5ccccc5-6)cc34)ccc21. The van der Waals surface area contributed by atoms with Crippen LogP contribution in [0, 0.1) is 0 Å². The molecule has 0 bridgehead atoms.